The molecule has 3 rings (SSSR count). The summed E-state index contributed by atoms with van der Waals surface area (Å²) in [5.41, 5.74) is 2.02. The van der Waals surface area contributed by atoms with Crippen LogP contribution >= 0.6 is 0 Å². The highest BCUT2D eigenvalue weighted by atomic mass is 16.5. The number of carboxylic acid groups (broad SMARTS) is 1. The van der Waals surface area contributed by atoms with Crippen molar-refractivity contribution in [2.75, 3.05) is 26.3 Å². The van der Waals surface area contributed by atoms with Gasteiger partial charge in [0.15, 0.2) is 0 Å². The minimum atomic E-state index is -0.864. The van der Waals surface area contributed by atoms with Crippen molar-refractivity contribution in [3.8, 4) is 0 Å². The van der Waals surface area contributed by atoms with Crippen molar-refractivity contribution in [3.05, 3.63) is 35.4 Å². The van der Waals surface area contributed by atoms with Gasteiger partial charge < -0.3 is 9.84 Å². The van der Waals surface area contributed by atoms with E-state index in [1.165, 1.54) is 18.4 Å². The van der Waals surface area contributed by atoms with Gasteiger partial charge in [-0.3, -0.25) is 4.90 Å². The summed E-state index contributed by atoms with van der Waals surface area (Å²) in [7, 11) is 0. The van der Waals surface area contributed by atoms with E-state index < -0.39 is 5.97 Å². The molecule has 1 spiro atoms. The summed E-state index contributed by atoms with van der Waals surface area (Å²) >= 11 is 0. The fourth-order valence-electron chi connectivity index (χ4n) is 2.88. The van der Waals surface area contributed by atoms with E-state index in [4.69, 9.17) is 9.84 Å². The van der Waals surface area contributed by atoms with Gasteiger partial charge in [0.05, 0.1) is 18.8 Å². The molecule has 0 saturated carbocycles. The van der Waals surface area contributed by atoms with Crippen LogP contribution < -0.4 is 0 Å². The van der Waals surface area contributed by atoms with Gasteiger partial charge in [0.25, 0.3) is 0 Å². The summed E-state index contributed by atoms with van der Waals surface area (Å²) < 4.78 is 5.33. The van der Waals surface area contributed by atoms with E-state index >= 15 is 0 Å². The van der Waals surface area contributed by atoms with Crippen molar-refractivity contribution < 1.29 is 14.6 Å². The fraction of sp³-hybridized carbons (Fsp3) is 0.533. The smallest absolute Gasteiger partial charge is 0.335 e. The van der Waals surface area contributed by atoms with Crippen LogP contribution in [0.5, 0.6) is 0 Å². The average molecular weight is 261 g/mol. The molecule has 19 heavy (non-hydrogen) atoms. The highest BCUT2D eigenvalue weighted by Gasteiger charge is 2.40. The second-order valence-corrected chi connectivity index (χ2v) is 5.77. The van der Waals surface area contributed by atoms with Gasteiger partial charge in [0.2, 0.25) is 0 Å². The summed E-state index contributed by atoms with van der Waals surface area (Å²) in [6.07, 6.45) is 2.44. The summed E-state index contributed by atoms with van der Waals surface area (Å²) in [6, 6.07) is 7.20. The zero-order valence-electron chi connectivity index (χ0n) is 11.0. The molecule has 0 bridgehead atoms. The van der Waals surface area contributed by atoms with E-state index in [1.807, 2.05) is 12.1 Å². The lowest BCUT2D eigenvalue weighted by atomic mass is 9.77. The lowest BCUT2D eigenvalue weighted by Crippen LogP contribution is -2.50. The van der Waals surface area contributed by atoms with Crippen molar-refractivity contribution >= 4 is 5.97 Å². The molecule has 1 aromatic carbocycles. The van der Waals surface area contributed by atoms with E-state index in [0.29, 0.717) is 11.0 Å². The molecule has 4 heteroatoms. The maximum absolute atomic E-state index is 10.8. The minimum absolute atomic E-state index is 0.355. The summed E-state index contributed by atoms with van der Waals surface area (Å²) in [5, 5.41) is 8.87. The van der Waals surface area contributed by atoms with Crippen LogP contribution in [0.15, 0.2) is 24.3 Å². The van der Waals surface area contributed by atoms with Gasteiger partial charge in [0.1, 0.15) is 0 Å². The molecule has 0 atom stereocenters. The summed E-state index contributed by atoms with van der Waals surface area (Å²) in [6.45, 7) is 5.02. The molecule has 2 aliphatic heterocycles. The first kappa shape index (κ1) is 12.6. The lowest BCUT2D eigenvalue weighted by molar-refractivity contribution is -0.140. The Balaban J connectivity index is 1.55. The van der Waals surface area contributed by atoms with E-state index in [-0.39, 0.29) is 0 Å². The second-order valence-electron chi connectivity index (χ2n) is 5.77. The summed E-state index contributed by atoms with van der Waals surface area (Å²) in [5.74, 6) is -0.864. The SMILES string of the molecule is O=C(O)c1ccc(CN2CCC3(CC2)COC3)cc1. The van der Waals surface area contributed by atoms with Gasteiger partial charge in [-0.2, -0.15) is 0 Å². The largest absolute Gasteiger partial charge is 0.478 e. The molecule has 102 valence electrons. The molecule has 0 amide bonds. The normalized spacial score (nSPS) is 22.1. The van der Waals surface area contributed by atoms with Crippen LogP contribution in [0.25, 0.3) is 0 Å². The number of rotatable bonds is 3. The molecular weight excluding hydrogens is 242 g/mol. The van der Waals surface area contributed by atoms with Crippen LogP contribution in [0.1, 0.15) is 28.8 Å². The second kappa shape index (κ2) is 4.94. The van der Waals surface area contributed by atoms with Crippen LogP contribution in [-0.2, 0) is 11.3 Å². The van der Waals surface area contributed by atoms with Crippen LogP contribution in [0.4, 0.5) is 0 Å². The Morgan fingerprint density at radius 2 is 1.84 bits per heavy atom. The van der Waals surface area contributed by atoms with E-state index in [2.05, 4.69) is 4.90 Å². The Hall–Kier alpha value is -1.39. The molecular formula is C15H19NO3. The Bertz CT molecular complexity index is 455. The van der Waals surface area contributed by atoms with E-state index in [0.717, 1.165) is 32.8 Å². The molecule has 2 fully saturated rings. The topological polar surface area (TPSA) is 49.8 Å². The van der Waals surface area contributed by atoms with E-state index in [9.17, 15) is 4.79 Å². The highest BCUT2D eigenvalue weighted by molar-refractivity contribution is 5.87. The van der Waals surface area contributed by atoms with Gasteiger partial charge in [-0.25, -0.2) is 4.79 Å². The zero-order chi connectivity index (χ0) is 13.3. The molecule has 0 aromatic heterocycles. The third-order valence-electron chi connectivity index (χ3n) is 4.34. The first-order chi connectivity index (χ1) is 9.17. The number of carboxylic acids is 1. The summed E-state index contributed by atoms with van der Waals surface area (Å²) in [4.78, 5) is 13.2. The van der Waals surface area contributed by atoms with Crippen molar-refractivity contribution in [2.45, 2.75) is 19.4 Å². The average Bonchev–Trinajstić information content (AvgIpc) is 2.38. The fourth-order valence-corrected chi connectivity index (χ4v) is 2.88. The predicted octanol–water partition coefficient (Wildman–Crippen LogP) is 2.00. The van der Waals surface area contributed by atoms with Gasteiger partial charge >= 0.3 is 5.97 Å². The minimum Gasteiger partial charge on any atom is -0.478 e. The van der Waals surface area contributed by atoms with Gasteiger partial charge in [-0.05, 0) is 43.6 Å². The maximum atomic E-state index is 10.8. The van der Waals surface area contributed by atoms with Crippen molar-refractivity contribution in [3.63, 3.8) is 0 Å². The van der Waals surface area contributed by atoms with Crippen molar-refractivity contribution in [2.24, 2.45) is 5.41 Å². The Morgan fingerprint density at radius 3 is 2.32 bits per heavy atom. The highest BCUT2D eigenvalue weighted by Crippen LogP contribution is 2.38. The number of nitrogens with zero attached hydrogens (tertiary/aromatic N) is 1. The van der Waals surface area contributed by atoms with Gasteiger partial charge in [0, 0.05) is 12.0 Å². The molecule has 4 nitrogen and oxygen atoms in total. The number of benzene rings is 1. The molecule has 0 aliphatic carbocycles. The zero-order valence-corrected chi connectivity index (χ0v) is 11.0. The number of hydrogen-bond donors (Lipinski definition) is 1. The van der Waals surface area contributed by atoms with Crippen molar-refractivity contribution in [1.82, 2.24) is 4.90 Å². The maximum Gasteiger partial charge on any atom is 0.335 e. The van der Waals surface area contributed by atoms with Gasteiger partial charge in [-0.1, -0.05) is 12.1 Å². The number of ether oxygens (including phenoxy) is 1. The monoisotopic (exact) mass is 261 g/mol. The molecule has 2 saturated heterocycles. The first-order valence-corrected chi connectivity index (χ1v) is 6.79. The molecule has 0 radical (unpaired) electrons. The van der Waals surface area contributed by atoms with Crippen LogP contribution in [0, 0.1) is 5.41 Å². The van der Waals surface area contributed by atoms with Crippen LogP contribution in [0.2, 0.25) is 0 Å². The number of carbonyl (C=O) groups is 1. The lowest BCUT2D eigenvalue weighted by Gasteiger charge is -2.47. The van der Waals surface area contributed by atoms with Crippen LogP contribution in [-0.4, -0.2) is 42.3 Å². The van der Waals surface area contributed by atoms with Gasteiger partial charge in [-0.15, -0.1) is 0 Å². The Kier molecular flexibility index (Phi) is 3.29. The number of piperidine rings is 1. The first-order valence-electron chi connectivity index (χ1n) is 6.79. The number of hydrogen-bond acceptors (Lipinski definition) is 3. The molecule has 2 aliphatic rings. The van der Waals surface area contributed by atoms with Crippen molar-refractivity contribution in [1.29, 1.82) is 0 Å². The molecule has 1 aromatic rings. The molecule has 2 heterocycles. The number of aromatic carboxylic acids is 1. The molecule has 1 N–H and O–H groups in total. The standard InChI is InChI=1S/C15H19NO3/c17-14(18)13-3-1-12(2-4-13)9-16-7-5-15(6-8-16)10-19-11-15/h1-4H,5-11H2,(H,17,18). The number of likely N-dealkylation sites (tertiary alicyclic amines) is 1. The molecule has 0 unspecified atom stereocenters. The quantitative estimate of drug-likeness (QED) is 0.904. The Morgan fingerprint density at radius 1 is 1.21 bits per heavy atom. The third kappa shape index (κ3) is 2.65. The predicted molar refractivity (Wildman–Crippen MR) is 71.2 cm³/mol. The Labute approximate surface area is 113 Å². The van der Waals surface area contributed by atoms with Crippen LogP contribution in [0.3, 0.4) is 0 Å². The van der Waals surface area contributed by atoms with E-state index in [1.54, 1.807) is 12.1 Å². The third-order valence-corrected chi connectivity index (χ3v) is 4.34.